The summed E-state index contributed by atoms with van der Waals surface area (Å²) in [4.78, 5) is 25.3. The normalized spacial score (nSPS) is 10.2. The molecule has 0 heterocycles. The zero-order valence-corrected chi connectivity index (χ0v) is 14.5. The van der Waals surface area contributed by atoms with Crippen LogP contribution in [0.3, 0.4) is 0 Å². The van der Waals surface area contributed by atoms with Crippen molar-refractivity contribution in [2.24, 2.45) is 0 Å². The Bertz CT molecular complexity index is 757. The van der Waals surface area contributed by atoms with Crippen LogP contribution >= 0.6 is 0 Å². The van der Waals surface area contributed by atoms with Crippen molar-refractivity contribution < 1.29 is 18.7 Å². The van der Waals surface area contributed by atoms with Gasteiger partial charge in [0.15, 0.2) is 6.61 Å². The minimum atomic E-state index is -0.441. The first-order chi connectivity index (χ1) is 11.8. The van der Waals surface area contributed by atoms with Crippen molar-refractivity contribution in [2.45, 2.75) is 13.8 Å². The zero-order valence-electron chi connectivity index (χ0n) is 14.5. The summed E-state index contributed by atoms with van der Waals surface area (Å²) < 4.78 is 18.6. The molecule has 2 aromatic carbocycles. The average Bonchev–Trinajstić information content (AvgIpc) is 2.51. The number of nitrogens with zero attached hydrogens (tertiary/aromatic N) is 1. The maximum Gasteiger partial charge on any atom is 0.260 e. The molecule has 2 rings (SSSR count). The molecule has 0 fully saturated rings. The SMILES string of the molecule is Cc1cc(C)cc(OCC(=O)N(C)CC(=O)Nc2cccc(F)c2)c1. The Kier molecular flexibility index (Phi) is 6.11. The molecule has 0 unspecified atom stereocenters. The van der Waals surface area contributed by atoms with Gasteiger partial charge in [-0.3, -0.25) is 9.59 Å². The van der Waals surface area contributed by atoms with Gasteiger partial charge in [0, 0.05) is 12.7 Å². The largest absolute Gasteiger partial charge is 0.484 e. The molecule has 1 N–H and O–H groups in total. The molecule has 132 valence electrons. The van der Waals surface area contributed by atoms with E-state index in [0.29, 0.717) is 11.4 Å². The highest BCUT2D eigenvalue weighted by molar-refractivity contribution is 5.94. The van der Waals surface area contributed by atoms with Crippen LogP contribution in [-0.4, -0.2) is 36.9 Å². The molecule has 0 radical (unpaired) electrons. The van der Waals surface area contributed by atoms with Crippen LogP contribution in [0.25, 0.3) is 0 Å². The summed E-state index contributed by atoms with van der Waals surface area (Å²) in [5.41, 5.74) is 2.44. The van der Waals surface area contributed by atoms with Gasteiger partial charge in [-0.25, -0.2) is 4.39 Å². The van der Waals surface area contributed by atoms with Crippen LogP contribution in [0.2, 0.25) is 0 Å². The Balaban J connectivity index is 1.84. The molecular weight excluding hydrogens is 323 g/mol. The summed E-state index contributed by atoms with van der Waals surface area (Å²) in [6.45, 7) is 3.59. The molecule has 0 saturated heterocycles. The van der Waals surface area contributed by atoms with Gasteiger partial charge in [0.05, 0.1) is 6.54 Å². The first-order valence-corrected chi connectivity index (χ1v) is 7.84. The Morgan fingerprint density at radius 1 is 1.12 bits per heavy atom. The van der Waals surface area contributed by atoms with Crippen molar-refractivity contribution >= 4 is 17.5 Å². The lowest BCUT2D eigenvalue weighted by Crippen LogP contribution is -2.37. The van der Waals surface area contributed by atoms with E-state index in [-0.39, 0.29) is 19.1 Å². The molecule has 0 saturated carbocycles. The number of hydrogen-bond acceptors (Lipinski definition) is 3. The minimum Gasteiger partial charge on any atom is -0.484 e. The van der Waals surface area contributed by atoms with Gasteiger partial charge in [-0.1, -0.05) is 12.1 Å². The highest BCUT2D eigenvalue weighted by atomic mass is 19.1. The van der Waals surface area contributed by atoms with Gasteiger partial charge in [0.25, 0.3) is 5.91 Å². The number of anilines is 1. The zero-order chi connectivity index (χ0) is 18.4. The molecule has 0 bridgehead atoms. The fraction of sp³-hybridized carbons (Fsp3) is 0.263. The maximum atomic E-state index is 13.1. The van der Waals surface area contributed by atoms with Crippen molar-refractivity contribution in [3.8, 4) is 5.75 Å². The van der Waals surface area contributed by atoms with Crippen LogP contribution in [0.5, 0.6) is 5.75 Å². The molecule has 6 heteroatoms. The lowest BCUT2D eigenvalue weighted by atomic mass is 10.1. The van der Waals surface area contributed by atoms with Gasteiger partial charge in [-0.05, 0) is 55.3 Å². The second kappa shape index (κ2) is 8.28. The van der Waals surface area contributed by atoms with Crippen LogP contribution in [0.4, 0.5) is 10.1 Å². The molecule has 0 aromatic heterocycles. The van der Waals surface area contributed by atoms with E-state index in [1.807, 2.05) is 32.0 Å². The van der Waals surface area contributed by atoms with E-state index in [9.17, 15) is 14.0 Å². The highest BCUT2D eigenvalue weighted by Gasteiger charge is 2.14. The summed E-state index contributed by atoms with van der Waals surface area (Å²) in [5.74, 6) is -0.561. The fourth-order valence-electron chi connectivity index (χ4n) is 2.34. The topological polar surface area (TPSA) is 58.6 Å². The van der Waals surface area contributed by atoms with Gasteiger partial charge in [-0.15, -0.1) is 0 Å². The number of hydrogen-bond donors (Lipinski definition) is 1. The molecule has 0 aliphatic carbocycles. The van der Waals surface area contributed by atoms with E-state index in [1.54, 1.807) is 6.07 Å². The second-order valence-corrected chi connectivity index (χ2v) is 5.92. The van der Waals surface area contributed by atoms with Gasteiger partial charge in [0.2, 0.25) is 5.91 Å². The van der Waals surface area contributed by atoms with E-state index in [4.69, 9.17) is 4.74 Å². The van der Waals surface area contributed by atoms with Crippen molar-refractivity contribution in [3.05, 3.63) is 59.4 Å². The number of nitrogens with one attached hydrogen (secondary N) is 1. The number of amides is 2. The van der Waals surface area contributed by atoms with E-state index in [2.05, 4.69) is 5.32 Å². The molecule has 0 spiro atoms. The molecular formula is C19H21FN2O3. The predicted molar refractivity (Wildman–Crippen MR) is 94.1 cm³/mol. The Morgan fingerprint density at radius 2 is 1.80 bits per heavy atom. The van der Waals surface area contributed by atoms with E-state index < -0.39 is 11.7 Å². The van der Waals surface area contributed by atoms with E-state index in [1.165, 1.54) is 30.1 Å². The number of halogens is 1. The third-order valence-electron chi connectivity index (χ3n) is 3.47. The number of ether oxygens (including phenoxy) is 1. The standard InChI is InChI=1S/C19H21FN2O3/c1-13-7-14(2)9-17(8-13)25-12-19(24)22(3)11-18(23)21-16-6-4-5-15(20)10-16/h4-10H,11-12H2,1-3H3,(H,21,23). The van der Waals surface area contributed by atoms with E-state index >= 15 is 0 Å². The summed E-state index contributed by atoms with van der Waals surface area (Å²) in [6.07, 6.45) is 0. The summed E-state index contributed by atoms with van der Waals surface area (Å²) in [5, 5.41) is 2.54. The first kappa shape index (κ1) is 18.4. The fourth-order valence-corrected chi connectivity index (χ4v) is 2.34. The van der Waals surface area contributed by atoms with Gasteiger partial charge in [-0.2, -0.15) is 0 Å². The molecule has 25 heavy (non-hydrogen) atoms. The second-order valence-electron chi connectivity index (χ2n) is 5.92. The molecule has 0 aliphatic rings. The van der Waals surface area contributed by atoms with Gasteiger partial charge < -0.3 is 15.0 Å². The van der Waals surface area contributed by atoms with Crippen molar-refractivity contribution in [1.82, 2.24) is 4.90 Å². The summed E-state index contributed by atoms with van der Waals surface area (Å²) in [6, 6.07) is 11.3. The number of rotatable bonds is 6. The maximum absolute atomic E-state index is 13.1. The van der Waals surface area contributed by atoms with Crippen LogP contribution in [0.1, 0.15) is 11.1 Å². The number of benzene rings is 2. The van der Waals surface area contributed by atoms with Crippen LogP contribution < -0.4 is 10.1 Å². The minimum absolute atomic E-state index is 0.147. The molecule has 2 aromatic rings. The van der Waals surface area contributed by atoms with E-state index in [0.717, 1.165) is 11.1 Å². The summed E-state index contributed by atoms with van der Waals surface area (Å²) >= 11 is 0. The predicted octanol–water partition coefficient (Wildman–Crippen LogP) is 2.92. The lowest BCUT2D eigenvalue weighted by molar-refractivity contribution is -0.135. The van der Waals surface area contributed by atoms with Crippen molar-refractivity contribution in [1.29, 1.82) is 0 Å². The molecule has 0 atom stereocenters. The smallest absolute Gasteiger partial charge is 0.260 e. The molecule has 2 amide bonds. The monoisotopic (exact) mass is 344 g/mol. The Hall–Kier alpha value is -2.89. The number of likely N-dealkylation sites (N-methyl/N-ethyl adjacent to an activating group) is 1. The number of aryl methyl sites for hydroxylation is 2. The lowest BCUT2D eigenvalue weighted by Gasteiger charge is -2.17. The van der Waals surface area contributed by atoms with Gasteiger partial charge in [0.1, 0.15) is 11.6 Å². The van der Waals surface area contributed by atoms with Crippen LogP contribution in [0, 0.1) is 19.7 Å². The van der Waals surface area contributed by atoms with Crippen molar-refractivity contribution in [3.63, 3.8) is 0 Å². The van der Waals surface area contributed by atoms with Crippen LogP contribution in [-0.2, 0) is 9.59 Å². The van der Waals surface area contributed by atoms with Gasteiger partial charge >= 0.3 is 0 Å². The Labute approximate surface area is 146 Å². The highest BCUT2D eigenvalue weighted by Crippen LogP contribution is 2.16. The Morgan fingerprint density at radius 3 is 2.44 bits per heavy atom. The quantitative estimate of drug-likeness (QED) is 0.877. The number of carbonyl (C=O) groups excluding carboxylic acids is 2. The number of carbonyl (C=O) groups is 2. The average molecular weight is 344 g/mol. The van der Waals surface area contributed by atoms with Crippen LogP contribution in [0.15, 0.2) is 42.5 Å². The van der Waals surface area contributed by atoms with Crippen molar-refractivity contribution in [2.75, 3.05) is 25.5 Å². The third kappa shape index (κ3) is 5.91. The molecule has 5 nitrogen and oxygen atoms in total. The third-order valence-corrected chi connectivity index (χ3v) is 3.47. The summed E-state index contributed by atoms with van der Waals surface area (Å²) in [7, 11) is 1.51. The molecule has 0 aliphatic heterocycles. The first-order valence-electron chi connectivity index (χ1n) is 7.84.